The zero-order chi connectivity index (χ0) is 18.0. The minimum Gasteiger partial charge on any atom is -0.397 e. The van der Waals surface area contributed by atoms with Crippen LogP contribution in [0.25, 0.3) is 11.0 Å². The van der Waals surface area contributed by atoms with Crippen molar-refractivity contribution in [3.05, 3.63) is 12.1 Å². The topological polar surface area (TPSA) is 94.4 Å². The Bertz CT molecular complexity index is 739. The van der Waals surface area contributed by atoms with E-state index in [1.54, 1.807) is 10.6 Å². The second-order valence-electron chi connectivity index (χ2n) is 5.97. The Morgan fingerprint density at radius 2 is 1.88 bits per heavy atom. The number of nitrogen functional groups attached to an aromatic ring is 2. The third-order valence-corrected chi connectivity index (χ3v) is 4.17. The summed E-state index contributed by atoms with van der Waals surface area (Å²) in [6.07, 6.45) is -4.32. The summed E-state index contributed by atoms with van der Waals surface area (Å²) < 4.78 is 44.4. The number of morpholine rings is 1. The molecule has 7 nitrogen and oxygen atoms in total. The molecule has 138 valence electrons. The number of rotatable bonds is 5. The summed E-state index contributed by atoms with van der Waals surface area (Å²) in [5.41, 5.74) is 13.4. The first-order valence-electron chi connectivity index (χ1n) is 7.99. The van der Waals surface area contributed by atoms with Crippen LogP contribution in [0.15, 0.2) is 12.1 Å². The van der Waals surface area contributed by atoms with Crippen LogP contribution in [0.1, 0.15) is 0 Å². The van der Waals surface area contributed by atoms with Crippen molar-refractivity contribution in [1.82, 2.24) is 14.5 Å². The van der Waals surface area contributed by atoms with Gasteiger partial charge in [-0.2, -0.15) is 13.2 Å². The number of nitrogens with two attached hydrogens (primary N) is 2. The molecule has 0 unspecified atom stereocenters. The molecule has 0 atom stereocenters. The van der Waals surface area contributed by atoms with Gasteiger partial charge in [-0.1, -0.05) is 0 Å². The fraction of sp³-hybridized carbons (Fsp3) is 0.533. The van der Waals surface area contributed by atoms with Gasteiger partial charge in [0.1, 0.15) is 6.54 Å². The number of benzene rings is 1. The molecule has 1 aliphatic heterocycles. The monoisotopic (exact) mass is 358 g/mol. The second-order valence-corrected chi connectivity index (χ2v) is 5.97. The number of fused-ring (bicyclic) bond motifs is 1. The average molecular weight is 358 g/mol. The molecule has 1 fully saturated rings. The molecule has 3 rings (SSSR count). The molecule has 5 N–H and O–H groups in total. The average Bonchev–Trinajstić information content (AvgIpc) is 2.85. The van der Waals surface area contributed by atoms with Gasteiger partial charge in [0, 0.05) is 26.2 Å². The molecule has 0 radical (unpaired) electrons. The summed E-state index contributed by atoms with van der Waals surface area (Å²) >= 11 is 0. The first-order valence-corrected chi connectivity index (χ1v) is 7.99. The van der Waals surface area contributed by atoms with Gasteiger partial charge < -0.3 is 26.1 Å². The van der Waals surface area contributed by atoms with Crippen LogP contribution in [-0.4, -0.2) is 60.0 Å². The first-order chi connectivity index (χ1) is 11.8. The normalized spacial score (nSPS) is 16.4. The summed E-state index contributed by atoms with van der Waals surface area (Å²) in [5.74, 6) is 0.315. The van der Waals surface area contributed by atoms with E-state index in [1.807, 2.05) is 0 Å². The Morgan fingerprint density at radius 3 is 2.56 bits per heavy atom. The van der Waals surface area contributed by atoms with Crippen molar-refractivity contribution >= 4 is 28.4 Å². The summed E-state index contributed by atoms with van der Waals surface area (Å²) in [6.45, 7) is 3.28. The largest absolute Gasteiger partial charge is 0.405 e. The lowest BCUT2D eigenvalue weighted by Crippen LogP contribution is -2.38. The Morgan fingerprint density at radius 1 is 1.16 bits per heavy atom. The number of imidazole rings is 1. The van der Waals surface area contributed by atoms with Crippen molar-refractivity contribution in [3.8, 4) is 0 Å². The lowest BCUT2D eigenvalue weighted by molar-refractivity contribution is -0.115. The number of alkyl halides is 3. The van der Waals surface area contributed by atoms with Crippen LogP contribution in [0.3, 0.4) is 0 Å². The number of aromatic nitrogens is 2. The molecule has 0 amide bonds. The Hall–Kier alpha value is -2.20. The first kappa shape index (κ1) is 17.6. The highest BCUT2D eigenvalue weighted by Crippen LogP contribution is 2.28. The smallest absolute Gasteiger partial charge is 0.397 e. The predicted molar refractivity (Wildman–Crippen MR) is 90.4 cm³/mol. The molecule has 1 aromatic carbocycles. The van der Waals surface area contributed by atoms with Crippen LogP contribution in [0.5, 0.6) is 0 Å². The van der Waals surface area contributed by atoms with Gasteiger partial charge in [0.2, 0.25) is 5.95 Å². The van der Waals surface area contributed by atoms with E-state index in [4.69, 9.17) is 16.2 Å². The number of hydrogen-bond donors (Lipinski definition) is 3. The van der Waals surface area contributed by atoms with Gasteiger partial charge in [0.25, 0.3) is 0 Å². The molecule has 1 aliphatic rings. The lowest BCUT2D eigenvalue weighted by Gasteiger charge is -2.26. The van der Waals surface area contributed by atoms with Gasteiger partial charge in [-0.25, -0.2) is 4.98 Å². The van der Waals surface area contributed by atoms with Crippen LogP contribution in [0, 0.1) is 0 Å². The fourth-order valence-corrected chi connectivity index (χ4v) is 2.86. The third kappa shape index (κ3) is 4.26. The van der Waals surface area contributed by atoms with Gasteiger partial charge in [-0.05, 0) is 12.1 Å². The second kappa shape index (κ2) is 6.96. The van der Waals surface area contributed by atoms with E-state index in [-0.39, 0.29) is 11.4 Å². The van der Waals surface area contributed by atoms with E-state index in [2.05, 4.69) is 15.2 Å². The summed E-state index contributed by atoms with van der Waals surface area (Å²) in [6, 6.07) is 3.11. The molecule has 1 aromatic heterocycles. The highest BCUT2D eigenvalue weighted by Gasteiger charge is 2.27. The Balaban J connectivity index is 1.80. The van der Waals surface area contributed by atoms with Crippen molar-refractivity contribution < 1.29 is 17.9 Å². The molecule has 0 spiro atoms. The maximum absolute atomic E-state index is 12.4. The Kier molecular flexibility index (Phi) is 4.91. The molecule has 0 aliphatic carbocycles. The third-order valence-electron chi connectivity index (χ3n) is 4.17. The lowest BCUT2D eigenvalue weighted by atomic mass is 10.2. The molecule has 1 saturated heterocycles. The van der Waals surface area contributed by atoms with Crippen LogP contribution < -0.4 is 16.8 Å². The summed E-state index contributed by atoms with van der Waals surface area (Å²) in [5, 5.41) is 2.33. The fourth-order valence-electron chi connectivity index (χ4n) is 2.86. The van der Waals surface area contributed by atoms with Gasteiger partial charge in [0.05, 0.1) is 35.6 Å². The number of nitrogens with zero attached hydrogens (tertiary/aromatic N) is 3. The van der Waals surface area contributed by atoms with E-state index >= 15 is 0 Å². The number of halogens is 3. The van der Waals surface area contributed by atoms with E-state index in [1.165, 1.54) is 6.07 Å². The molecule has 2 heterocycles. The Labute approximate surface area is 142 Å². The van der Waals surface area contributed by atoms with Gasteiger partial charge in [0.15, 0.2) is 0 Å². The van der Waals surface area contributed by atoms with Gasteiger partial charge >= 0.3 is 6.18 Å². The highest BCUT2D eigenvalue weighted by atomic mass is 19.4. The summed E-state index contributed by atoms with van der Waals surface area (Å²) in [4.78, 5) is 6.50. The van der Waals surface area contributed by atoms with E-state index in [0.29, 0.717) is 36.7 Å². The number of nitrogens with one attached hydrogen (secondary N) is 1. The maximum Gasteiger partial charge on any atom is 0.405 e. The van der Waals surface area contributed by atoms with Crippen molar-refractivity contribution in [2.75, 3.05) is 56.2 Å². The van der Waals surface area contributed by atoms with Crippen molar-refractivity contribution in [1.29, 1.82) is 0 Å². The van der Waals surface area contributed by atoms with Crippen LogP contribution in [0.4, 0.5) is 30.5 Å². The van der Waals surface area contributed by atoms with E-state index in [0.717, 1.165) is 19.6 Å². The molecular formula is C15H21F3N6O. The van der Waals surface area contributed by atoms with E-state index in [9.17, 15) is 13.2 Å². The zero-order valence-electron chi connectivity index (χ0n) is 13.6. The van der Waals surface area contributed by atoms with E-state index < -0.39 is 12.7 Å². The number of hydrogen-bond acceptors (Lipinski definition) is 6. The molecular weight excluding hydrogens is 337 g/mol. The highest BCUT2D eigenvalue weighted by molar-refractivity contribution is 5.88. The molecule has 0 bridgehead atoms. The maximum atomic E-state index is 12.4. The minimum atomic E-state index is -4.32. The summed E-state index contributed by atoms with van der Waals surface area (Å²) in [7, 11) is 0. The van der Waals surface area contributed by atoms with Crippen molar-refractivity contribution in [2.45, 2.75) is 12.7 Å². The molecule has 10 heteroatoms. The quantitative estimate of drug-likeness (QED) is 0.702. The number of anilines is 3. The number of ether oxygens (including phenoxy) is 1. The molecule has 25 heavy (non-hydrogen) atoms. The van der Waals surface area contributed by atoms with Crippen LogP contribution >= 0.6 is 0 Å². The standard InChI is InChI=1S/C15H21F3N6O/c16-15(17,18)9-21-11-8-13-12(7-10(11)19)22-14(20)24(13)2-1-23-3-5-25-6-4-23/h7-8,21H,1-6,9,19H2,(H2,20,22). The minimum absolute atomic E-state index is 0.203. The van der Waals surface area contributed by atoms with Crippen LogP contribution in [-0.2, 0) is 11.3 Å². The molecule has 0 saturated carbocycles. The van der Waals surface area contributed by atoms with Gasteiger partial charge in [-0.3, -0.25) is 4.90 Å². The van der Waals surface area contributed by atoms with Crippen molar-refractivity contribution in [3.63, 3.8) is 0 Å². The zero-order valence-corrected chi connectivity index (χ0v) is 13.6. The molecule has 2 aromatic rings. The van der Waals surface area contributed by atoms with Crippen molar-refractivity contribution in [2.24, 2.45) is 0 Å². The SMILES string of the molecule is Nc1cc2nc(N)n(CCN3CCOCC3)c2cc1NCC(F)(F)F. The van der Waals surface area contributed by atoms with Gasteiger partial charge in [-0.15, -0.1) is 0 Å². The van der Waals surface area contributed by atoms with Crippen LogP contribution in [0.2, 0.25) is 0 Å². The predicted octanol–water partition coefficient (Wildman–Crippen LogP) is 1.51.